The first kappa shape index (κ1) is 31.4. The molecule has 10 heteroatoms. The topological polar surface area (TPSA) is 116 Å². The number of fused-ring (bicyclic) bond motifs is 1. The van der Waals surface area contributed by atoms with Crippen LogP contribution in [0.5, 0.6) is 5.75 Å². The Morgan fingerprint density at radius 3 is 2.31 bits per heavy atom. The molecule has 0 amide bonds. The van der Waals surface area contributed by atoms with Crippen LogP contribution < -0.4 is 10.0 Å². The highest BCUT2D eigenvalue weighted by Crippen LogP contribution is 2.36. The number of nitrogens with zero attached hydrogens (tertiary/aromatic N) is 1. The van der Waals surface area contributed by atoms with Gasteiger partial charge >= 0.3 is 0 Å². The number of aromatic hydroxyl groups is 1. The Balaban J connectivity index is 1.36. The normalized spacial score (nSPS) is 15.8. The number of rotatable bonds is 16. The van der Waals surface area contributed by atoms with Crippen molar-refractivity contribution in [2.75, 3.05) is 43.4 Å². The summed E-state index contributed by atoms with van der Waals surface area (Å²) in [4.78, 5) is 2.95. The quantitative estimate of drug-likeness (QED) is 0.202. The molecule has 0 radical (unpaired) electrons. The zero-order chi connectivity index (χ0) is 28.5. The van der Waals surface area contributed by atoms with E-state index in [0.717, 1.165) is 94.1 Å². The number of hydrogen-bond acceptors (Lipinski definition) is 7. The minimum atomic E-state index is -3.46. The van der Waals surface area contributed by atoms with E-state index in [1.807, 2.05) is 18.2 Å². The minimum absolute atomic E-state index is 0.0132. The van der Waals surface area contributed by atoms with Crippen LogP contribution >= 0.6 is 0 Å². The molecule has 0 aromatic heterocycles. The van der Waals surface area contributed by atoms with Crippen LogP contribution in [-0.4, -0.2) is 71.6 Å². The molecule has 2 aromatic carbocycles. The number of phenolic OH excluding ortho intramolecular Hbond substituents is 1. The molecule has 0 spiro atoms. The maximum atomic E-state index is 11.8. The van der Waals surface area contributed by atoms with Crippen LogP contribution in [0.2, 0.25) is 0 Å². The smallest absolute Gasteiger partial charge is 0.229 e. The highest BCUT2D eigenvalue weighted by atomic mass is 32.2. The lowest BCUT2D eigenvalue weighted by Gasteiger charge is -2.36. The number of nitrogens with one attached hydrogen (secondary N) is 2. The number of hydrogen-bond donors (Lipinski definition) is 3. The molecule has 39 heavy (non-hydrogen) atoms. The van der Waals surface area contributed by atoms with Crippen LogP contribution in [0.3, 0.4) is 0 Å². The first-order valence-corrected chi connectivity index (χ1v) is 17.8. The molecule has 0 saturated carbocycles. The van der Waals surface area contributed by atoms with E-state index in [1.54, 1.807) is 18.2 Å². The summed E-state index contributed by atoms with van der Waals surface area (Å²) in [5.41, 5.74) is 3.52. The summed E-state index contributed by atoms with van der Waals surface area (Å²) in [6.07, 6.45) is 11.6. The van der Waals surface area contributed by atoms with Crippen molar-refractivity contribution in [2.45, 2.75) is 75.6 Å². The molecule has 0 aliphatic heterocycles. The fraction of sp³-hybridized carbons (Fsp3) is 0.586. The van der Waals surface area contributed by atoms with Gasteiger partial charge in [-0.1, -0.05) is 38.0 Å². The van der Waals surface area contributed by atoms with Gasteiger partial charge < -0.3 is 15.3 Å². The fourth-order valence-corrected chi connectivity index (χ4v) is 6.61. The Hall–Kier alpha value is -2.14. The summed E-state index contributed by atoms with van der Waals surface area (Å²) in [5.74, 6) is -0.0132. The van der Waals surface area contributed by atoms with Crippen molar-refractivity contribution in [3.8, 4) is 5.75 Å². The average molecular weight is 580 g/mol. The van der Waals surface area contributed by atoms with Gasteiger partial charge in [0.05, 0.1) is 16.8 Å². The van der Waals surface area contributed by atoms with Crippen molar-refractivity contribution in [3.63, 3.8) is 0 Å². The Kier molecular flexibility index (Phi) is 11.7. The first-order chi connectivity index (χ1) is 18.5. The molecule has 0 unspecified atom stereocenters. The predicted molar refractivity (Wildman–Crippen MR) is 159 cm³/mol. The summed E-state index contributed by atoms with van der Waals surface area (Å²) in [7, 11) is -6.60. The number of sulfonamides is 1. The third-order valence-corrected chi connectivity index (χ3v) is 9.08. The van der Waals surface area contributed by atoms with Gasteiger partial charge in [0.15, 0.2) is 9.84 Å². The van der Waals surface area contributed by atoms with E-state index in [-0.39, 0.29) is 5.75 Å². The van der Waals surface area contributed by atoms with Gasteiger partial charge in [0.25, 0.3) is 0 Å². The molecule has 8 nitrogen and oxygen atoms in total. The van der Waals surface area contributed by atoms with E-state index in [4.69, 9.17) is 0 Å². The predicted octanol–water partition coefficient (Wildman–Crippen LogP) is 4.13. The third kappa shape index (κ3) is 10.1. The van der Waals surface area contributed by atoms with Crippen molar-refractivity contribution >= 4 is 25.5 Å². The molecule has 0 fully saturated rings. The van der Waals surface area contributed by atoms with Crippen molar-refractivity contribution in [2.24, 2.45) is 0 Å². The second-order valence-corrected chi connectivity index (χ2v) is 14.5. The van der Waals surface area contributed by atoms with Crippen LogP contribution in [0.15, 0.2) is 41.3 Å². The largest absolute Gasteiger partial charge is 0.506 e. The monoisotopic (exact) mass is 579 g/mol. The van der Waals surface area contributed by atoms with Gasteiger partial charge in [-0.2, -0.15) is 0 Å². The molecule has 0 bridgehead atoms. The molecule has 2 aromatic rings. The van der Waals surface area contributed by atoms with Crippen LogP contribution in [-0.2, 0) is 39.1 Å². The average Bonchev–Trinajstić information content (AvgIpc) is 2.87. The number of sulfone groups is 1. The van der Waals surface area contributed by atoms with E-state index in [2.05, 4.69) is 21.9 Å². The van der Waals surface area contributed by atoms with Crippen molar-refractivity contribution in [3.05, 3.63) is 53.1 Å². The highest BCUT2D eigenvalue weighted by molar-refractivity contribution is 7.92. The number of unbranched alkanes of at least 4 members (excludes halogenated alkanes) is 3. The number of phenols is 1. The molecule has 1 aliphatic rings. The second kappa shape index (κ2) is 14.5. The van der Waals surface area contributed by atoms with Gasteiger partial charge in [0, 0.05) is 12.3 Å². The molecule has 0 saturated heterocycles. The molecule has 218 valence electrons. The van der Waals surface area contributed by atoms with Gasteiger partial charge in [-0.15, -0.1) is 0 Å². The lowest BCUT2D eigenvalue weighted by Crippen LogP contribution is -2.40. The molecular weight excluding hydrogens is 534 g/mol. The van der Waals surface area contributed by atoms with Gasteiger partial charge in [-0.25, -0.2) is 16.8 Å². The van der Waals surface area contributed by atoms with Crippen LogP contribution in [0.1, 0.15) is 62.1 Å². The van der Waals surface area contributed by atoms with Gasteiger partial charge in [0.2, 0.25) is 10.0 Å². The standard InChI is InChI=1S/C29H45N3O5S2/c1-4-20-32(25-12-15-27-24(22-25)11-16-28(33)29(27)31-39(3,36)37)21-8-6-5-7-18-30-19-17-23-9-13-26(14-10-23)38(2,34)35/h9-11,13-14,16,25,30-31,33H,4-8,12,15,17-22H2,1-3H3/t25-/m0/s1. The lowest BCUT2D eigenvalue weighted by molar-refractivity contribution is 0.176. The van der Waals surface area contributed by atoms with E-state index >= 15 is 0 Å². The van der Waals surface area contributed by atoms with E-state index < -0.39 is 19.9 Å². The van der Waals surface area contributed by atoms with Crippen LogP contribution in [0.4, 0.5) is 5.69 Å². The van der Waals surface area contributed by atoms with Crippen molar-refractivity contribution in [1.82, 2.24) is 10.2 Å². The van der Waals surface area contributed by atoms with Gasteiger partial charge in [-0.05, 0) is 106 Å². The molecular formula is C29H45N3O5S2. The Morgan fingerprint density at radius 1 is 0.923 bits per heavy atom. The summed E-state index contributed by atoms with van der Waals surface area (Å²) < 4.78 is 49.2. The minimum Gasteiger partial charge on any atom is -0.506 e. The van der Waals surface area contributed by atoms with E-state index in [1.165, 1.54) is 19.1 Å². The molecule has 1 aliphatic carbocycles. The molecule has 3 N–H and O–H groups in total. The molecule has 0 heterocycles. The van der Waals surface area contributed by atoms with Gasteiger partial charge in [0.1, 0.15) is 5.75 Å². The maximum Gasteiger partial charge on any atom is 0.229 e. The summed E-state index contributed by atoms with van der Waals surface area (Å²) >= 11 is 0. The van der Waals surface area contributed by atoms with Crippen LogP contribution in [0.25, 0.3) is 0 Å². The fourth-order valence-electron chi connectivity index (χ4n) is 5.38. The Bertz CT molecular complexity index is 1280. The summed E-state index contributed by atoms with van der Waals surface area (Å²) in [6.45, 7) is 6.19. The van der Waals surface area contributed by atoms with E-state index in [0.29, 0.717) is 16.6 Å². The van der Waals surface area contributed by atoms with Gasteiger partial charge in [-0.3, -0.25) is 4.72 Å². The van der Waals surface area contributed by atoms with Crippen LogP contribution in [0, 0.1) is 0 Å². The van der Waals surface area contributed by atoms with E-state index in [9.17, 15) is 21.9 Å². The number of benzene rings is 2. The highest BCUT2D eigenvalue weighted by Gasteiger charge is 2.27. The Labute approximate surface area is 235 Å². The zero-order valence-corrected chi connectivity index (χ0v) is 25.2. The molecule has 3 rings (SSSR count). The summed E-state index contributed by atoms with van der Waals surface area (Å²) in [6, 6.07) is 11.1. The second-order valence-electron chi connectivity index (χ2n) is 10.7. The third-order valence-electron chi connectivity index (χ3n) is 7.38. The van der Waals surface area contributed by atoms with Crippen molar-refractivity contribution in [1.29, 1.82) is 0 Å². The maximum absolute atomic E-state index is 11.8. The van der Waals surface area contributed by atoms with Crippen molar-refractivity contribution < 1.29 is 21.9 Å². The summed E-state index contributed by atoms with van der Waals surface area (Å²) in [5, 5.41) is 13.7. The Morgan fingerprint density at radius 2 is 1.64 bits per heavy atom. The lowest BCUT2D eigenvalue weighted by atomic mass is 9.86. The SMILES string of the molecule is CCCN(CCCCCCNCCc1ccc(S(C)(=O)=O)cc1)[C@H]1CCc2c(ccc(O)c2NS(C)(=O)=O)C1. The molecule has 1 atom stereocenters. The first-order valence-electron chi connectivity index (χ1n) is 14.0. The zero-order valence-electron chi connectivity index (χ0n) is 23.6. The number of anilines is 1.